The van der Waals surface area contributed by atoms with E-state index in [2.05, 4.69) is 26.2 Å². The van der Waals surface area contributed by atoms with E-state index in [0.29, 0.717) is 19.6 Å². The number of amides is 1. The number of carbonyl (C=O) groups excluding carboxylic acids is 1. The Morgan fingerprint density at radius 2 is 2.08 bits per heavy atom. The van der Waals surface area contributed by atoms with E-state index in [-0.39, 0.29) is 11.7 Å². The van der Waals surface area contributed by atoms with Gasteiger partial charge in [0, 0.05) is 5.02 Å². The van der Waals surface area contributed by atoms with Crippen LogP contribution >= 0.6 is 39.3 Å². The van der Waals surface area contributed by atoms with Crippen molar-refractivity contribution in [3.05, 3.63) is 61.9 Å². The maximum absolute atomic E-state index is 12.1. The standard InChI is InChI=1S/C17H12BrClN2O2S/c1-9-6-11(19)3-4-13(9)20-17-21-16(23)15(24-17)8-10-2-5-14(22)12(18)7-10/h2-8,22H,1H3,(H,20,21,23)/b15-8-. The van der Waals surface area contributed by atoms with Crippen molar-refractivity contribution >= 4 is 62.1 Å². The first-order valence-electron chi connectivity index (χ1n) is 6.96. The molecule has 24 heavy (non-hydrogen) atoms. The molecule has 0 aliphatic carbocycles. The highest BCUT2D eigenvalue weighted by atomic mass is 79.9. The molecule has 1 aliphatic heterocycles. The van der Waals surface area contributed by atoms with E-state index in [1.165, 1.54) is 11.8 Å². The fourth-order valence-corrected chi connectivity index (χ4v) is 3.56. The number of rotatable bonds is 2. The minimum Gasteiger partial charge on any atom is -0.507 e. The maximum Gasteiger partial charge on any atom is 0.264 e. The Morgan fingerprint density at radius 3 is 2.79 bits per heavy atom. The number of phenols is 1. The number of thioether (sulfide) groups is 1. The van der Waals surface area contributed by atoms with Crippen molar-refractivity contribution in [2.75, 3.05) is 0 Å². The Bertz CT molecular complexity index is 896. The minimum absolute atomic E-state index is 0.154. The molecule has 0 atom stereocenters. The van der Waals surface area contributed by atoms with Crippen LogP contribution in [-0.4, -0.2) is 16.2 Å². The summed E-state index contributed by atoms with van der Waals surface area (Å²) in [7, 11) is 0. The van der Waals surface area contributed by atoms with Crippen LogP contribution in [0.4, 0.5) is 5.69 Å². The van der Waals surface area contributed by atoms with E-state index in [1.807, 2.05) is 19.1 Å². The summed E-state index contributed by atoms with van der Waals surface area (Å²) in [5, 5.41) is 13.5. The lowest BCUT2D eigenvalue weighted by atomic mass is 10.2. The molecule has 3 rings (SSSR count). The molecule has 2 aromatic carbocycles. The highest BCUT2D eigenvalue weighted by molar-refractivity contribution is 9.10. The number of hydrogen-bond acceptors (Lipinski definition) is 4. The zero-order chi connectivity index (χ0) is 17.3. The largest absolute Gasteiger partial charge is 0.507 e. The van der Waals surface area contributed by atoms with Gasteiger partial charge in [0.15, 0.2) is 5.17 Å². The van der Waals surface area contributed by atoms with Crippen LogP contribution in [0.3, 0.4) is 0 Å². The van der Waals surface area contributed by atoms with Gasteiger partial charge in [-0.05, 0) is 82.2 Å². The van der Waals surface area contributed by atoms with Gasteiger partial charge in [-0.15, -0.1) is 0 Å². The second kappa shape index (κ2) is 7.01. The molecule has 0 bridgehead atoms. The third kappa shape index (κ3) is 3.83. The number of carbonyl (C=O) groups is 1. The summed E-state index contributed by atoms with van der Waals surface area (Å²) in [5.41, 5.74) is 2.50. The third-order valence-corrected chi connectivity index (χ3v) is 5.08. The van der Waals surface area contributed by atoms with E-state index in [4.69, 9.17) is 11.6 Å². The molecule has 0 radical (unpaired) electrons. The van der Waals surface area contributed by atoms with E-state index < -0.39 is 0 Å². The van der Waals surface area contributed by atoms with Crippen LogP contribution in [0.2, 0.25) is 5.02 Å². The van der Waals surface area contributed by atoms with Crippen LogP contribution in [0.25, 0.3) is 6.08 Å². The van der Waals surface area contributed by atoms with E-state index in [1.54, 1.807) is 30.3 Å². The molecule has 1 heterocycles. The van der Waals surface area contributed by atoms with Gasteiger partial charge in [-0.2, -0.15) is 0 Å². The van der Waals surface area contributed by atoms with E-state index >= 15 is 0 Å². The van der Waals surface area contributed by atoms with Gasteiger partial charge in [0.2, 0.25) is 0 Å². The lowest BCUT2D eigenvalue weighted by molar-refractivity contribution is -0.115. The molecule has 1 amide bonds. The van der Waals surface area contributed by atoms with Gasteiger partial charge >= 0.3 is 0 Å². The molecule has 2 aromatic rings. The SMILES string of the molecule is Cc1cc(Cl)ccc1N=C1NC(=O)/C(=C/c2ccc(O)c(Br)c2)S1. The Morgan fingerprint density at radius 1 is 1.29 bits per heavy atom. The second-order valence-electron chi connectivity index (χ2n) is 5.12. The maximum atomic E-state index is 12.1. The highest BCUT2D eigenvalue weighted by Gasteiger charge is 2.24. The van der Waals surface area contributed by atoms with Crippen LogP contribution in [-0.2, 0) is 4.79 Å². The van der Waals surface area contributed by atoms with Crippen LogP contribution in [0, 0.1) is 6.92 Å². The Kier molecular flexibility index (Phi) is 4.99. The summed E-state index contributed by atoms with van der Waals surface area (Å²) < 4.78 is 0.575. The number of aliphatic imine (C=N–C) groups is 1. The fourth-order valence-electron chi connectivity index (χ4n) is 2.10. The number of amidine groups is 1. The number of benzene rings is 2. The number of aryl methyl sites for hydroxylation is 1. The first-order chi connectivity index (χ1) is 11.4. The first-order valence-corrected chi connectivity index (χ1v) is 8.95. The molecule has 0 spiro atoms. The highest BCUT2D eigenvalue weighted by Crippen LogP contribution is 2.31. The average Bonchev–Trinajstić information content (AvgIpc) is 2.86. The molecule has 7 heteroatoms. The summed E-state index contributed by atoms with van der Waals surface area (Å²) in [6.07, 6.45) is 1.75. The predicted molar refractivity (Wildman–Crippen MR) is 103 cm³/mol. The molecule has 1 aliphatic rings. The number of halogens is 2. The topological polar surface area (TPSA) is 61.7 Å². The van der Waals surface area contributed by atoms with Gasteiger partial charge in [-0.3, -0.25) is 4.79 Å². The third-order valence-electron chi connectivity index (χ3n) is 3.30. The van der Waals surface area contributed by atoms with Gasteiger partial charge < -0.3 is 10.4 Å². The molecule has 0 aromatic heterocycles. The Hall–Kier alpha value is -1.76. The molecule has 4 nitrogen and oxygen atoms in total. The molecule has 1 saturated heterocycles. The minimum atomic E-state index is -0.199. The van der Waals surface area contributed by atoms with Crippen molar-refractivity contribution in [1.29, 1.82) is 0 Å². The number of phenolic OH excluding ortho intramolecular Hbond substituents is 1. The molecule has 0 saturated carbocycles. The number of aromatic hydroxyl groups is 1. The Balaban J connectivity index is 1.86. The van der Waals surface area contributed by atoms with E-state index in [9.17, 15) is 9.90 Å². The van der Waals surface area contributed by atoms with Crippen molar-refractivity contribution in [3.63, 3.8) is 0 Å². The van der Waals surface area contributed by atoms with Crippen molar-refractivity contribution < 1.29 is 9.90 Å². The molecule has 2 N–H and O–H groups in total. The van der Waals surface area contributed by atoms with Crippen molar-refractivity contribution in [3.8, 4) is 5.75 Å². The molecule has 1 fully saturated rings. The normalized spacial score (nSPS) is 17.5. The molecule has 122 valence electrons. The van der Waals surface area contributed by atoms with Crippen LogP contribution in [0.5, 0.6) is 5.75 Å². The average molecular weight is 424 g/mol. The van der Waals surface area contributed by atoms with Crippen molar-refractivity contribution in [2.24, 2.45) is 4.99 Å². The first kappa shape index (κ1) is 17.1. The van der Waals surface area contributed by atoms with Crippen molar-refractivity contribution in [1.82, 2.24) is 5.32 Å². The Labute approximate surface area is 156 Å². The van der Waals surface area contributed by atoms with Gasteiger partial charge in [-0.25, -0.2) is 4.99 Å². The van der Waals surface area contributed by atoms with Gasteiger partial charge in [0.25, 0.3) is 5.91 Å². The van der Waals surface area contributed by atoms with Crippen LogP contribution in [0.1, 0.15) is 11.1 Å². The van der Waals surface area contributed by atoms with Gasteiger partial charge in [0.05, 0.1) is 15.1 Å². The lowest BCUT2D eigenvalue weighted by Crippen LogP contribution is -2.19. The lowest BCUT2D eigenvalue weighted by Gasteiger charge is -2.01. The summed E-state index contributed by atoms with van der Waals surface area (Å²) in [6, 6.07) is 10.5. The molecular weight excluding hydrogens is 412 g/mol. The van der Waals surface area contributed by atoms with Gasteiger partial charge in [0.1, 0.15) is 5.75 Å². The fraction of sp³-hybridized carbons (Fsp3) is 0.0588. The zero-order valence-corrected chi connectivity index (χ0v) is 15.7. The van der Waals surface area contributed by atoms with Crippen molar-refractivity contribution in [2.45, 2.75) is 6.92 Å². The zero-order valence-electron chi connectivity index (χ0n) is 12.5. The van der Waals surface area contributed by atoms with Crippen LogP contribution in [0.15, 0.2) is 50.8 Å². The monoisotopic (exact) mass is 422 g/mol. The predicted octanol–water partition coefficient (Wildman–Crippen LogP) is 5.01. The quantitative estimate of drug-likeness (QED) is 0.668. The smallest absolute Gasteiger partial charge is 0.264 e. The molecular formula is C17H12BrClN2O2S. The second-order valence-corrected chi connectivity index (χ2v) is 7.44. The number of hydrogen-bond donors (Lipinski definition) is 2. The van der Waals surface area contributed by atoms with Crippen LogP contribution < -0.4 is 5.32 Å². The summed E-state index contributed by atoms with van der Waals surface area (Å²) in [5.74, 6) is -0.0456. The number of nitrogens with one attached hydrogen (secondary N) is 1. The molecule has 0 unspecified atom stereocenters. The summed E-state index contributed by atoms with van der Waals surface area (Å²) in [6.45, 7) is 1.91. The summed E-state index contributed by atoms with van der Waals surface area (Å²) >= 11 is 10.5. The summed E-state index contributed by atoms with van der Waals surface area (Å²) in [4.78, 5) is 17.1. The van der Waals surface area contributed by atoms with E-state index in [0.717, 1.165) is 16.8 Å². The van der Waals surface area contributed by atoms with Gasteiger partial charge in [-0.1, -0.05) is 17.7 Å². The number of nitrogens with zero attached hydrogens (tertiary/aromatic N) is 1.